The molecule has 4 aromatic rings. The summed E-state index contributed by atoms with van der Waals surface area (Å²) in [4.78, 5) is 2.13. The molecule has 0 amide bonds. The fourth-order valence-corrected chi connectivity index (χ4v) is 3.45. The molecule has 3 aromatic carbocycles. The molecule has 1 aromatic heterocycles. The molecule has 0 aliphatic rings. The van der Waals surface area contributed by atoms with E-state index in [0.29, 0.717) is 0 Å². The molecule has 9 heteroatoms. The molecule has 1 heterocycles. The fourth-order valence-electron chi connectivity index (χ4n) is 3.45. The lowest BCUT2D eigenvalue weighted by Gasteiger charge is -2.12. The van der Waals surface area contributed by atoms with Gasteiger partial charge in [-0.3, -0.25) is 0 Å². The van der Waals surface area contributed by atoms with Crippen molar-refractivity contribution in [2.75, 3.05) is 19.0 Å². The quantitative estimate of drug-likeness (QED) is 0.202. The molecule has 0 unspecified atom stereocenters. The van der Waals surface area contributed by atoms with E-state index < -0.39 is 15.6 Å². The first kappa shape index (κ1) is 26.9. The zero-order chi connectivity index (χ0) is 26.5. The molecule has 0 saturated heterocycles. The molecule has 0 atom stereocenters. The number of anilines is 1. The van der Waals surface area contributed by atoms with E-state index in [9.17, 15) is 13.2 Å². The lowest BCUT2D eigenvalue weighted by Crippen LogP contribution is -2.32. The number of pyridine rings is 1. The van der Waals surface area contributed by atoms with E-state index in [4.69, 9.17) is 13.0 Å². The van der Waals surface area contributed by atoms with Crippen molar-refractivity contribution in [2.45, 2.75) is 5.51 Å². The summed E-state index contributed by atoms with van der Waals surface area (Å²) in [6.45, 7) is 0. The maximum Gasteiger partial charge on any atom is 0.485 e. The summed E-state index contributed by atoms with van der Waals surface area (Å²) >= 11 is 0. The Kier molecular flexibility index (Phi) is 8.17. The second-order valence-electron chi connectivity index (χ2n) is 8.18. The van der Waals surface area contributed by atoms with Crippen LogP contribution in [0.3, 0.4) is 0 Å². The summed E-state index contributed by atoms with van der Waals surface area (Å²) in [5.41, 5.74) is 1.66. The van der Waals surface area contributed by atoms with Crippen LogP contribution < -0.4 is 9.47 Å². The third-order valence-electron chi connectivity index (χ3n) is 5.46. The molecule has 0 N–H and O–H groups in total. The predicted molar refractivity (Wildman–Crippen MR) is 136 cm³/mol. The van der Waals surface area contributed by atoms with Gasteiger partial charge in [0, 0.05) is 43.4 Å². The number of rotatable bonds is 4. The Morgan fingerprint density at radius 2 is 1.42 bits per heavy atom. The number of benzene rings is 3. The van der Waals surface area contributed by atoms with Gasteiger partial charge in [0.2, 0.25) is 11.2 Å². The standard InChI is InChI=1S/C26H25N2.CHF3O3S/c1-27(2)25-17-18-26-23(19-25)14-16-24(28(26)3)15-11-20-9-12-22(13-10-20)21-7-5-4-6-8-21;2-1(3,4)8(5,6)7/h4-19H,1-3H3;(H,5,6,7)/q+1;/p-1. The minimum absolute atomic E-state index is 1.18. The van der Waals surface area contributed by atoms with E-state index in [2.05, 4.69) is 122 Å². The second-order valence-corrected chi connectivity index (χ2v) is 9.55. The molecule has 0 fully saturated rings. The zero-order valence-electron chi connectivity index (χ0n) is 19.9. The summed E-state index contributed by atoms with van der Waals surface area (Å²) in [6, 6.07) is 30.1. The number of aromatic nitrogens is 1. The number of aryl methyl sites for hydroxylation is 1. The van der Waals surface area contributed by atoms with Crippen LogP contribution in [-0.2, 0) is 17.2 Å². The van der Waals surface area contributed by atoms with Crippen LogP contribution in [0.1, 0.15) is 11.3 Å². The molecule has 36 heavy (non-hydrogen) atoms. The van der Waals surface area contributed by atoms with E-state index in [1.807, 2.05) is 6.07 Å². The molecule has 0 aliphatic heterocycles. The SMILES string of the molecule is CN(C)c1ccc2c(ccc(C=Cc3ccc(-c4ccccc4)cc3)[n+]2C)c1.O=S(=O)([O-])C(F)(F)F. The average Bonchev–Trinajstić information content (AvgIpc) is 2.83. The largest absolute Gasteiger partial charge is 0.741 e. The number of fused-ring (bicyclic) bond motifs is 1. The first-order valence-corrected chi connectivity index (χ1v) is 12.2. The Morgan fingerprint density at radius 1 is 0.833 bits per heavy atom. The van der Waals surface area contributed by atoms with Gasteiger partial charge in [-0.2, -0.15) is 17.7 Å². The molecular weight excluding hydrogens is 489 g/mol. The Balaban J connectivity index is 0.000000392. The van der Waals surface area contributed by atoms with Crippen molar-refractivity contribution in [3.8, 4) is 11.1 Å². The number of hydrogen-bond donors (Lipinski definition) is 0. The van der Waals surface area contributed by atoms with Crippen LogP contribution in [-0.4, -0.2) is 32.6 Å². The van der Waals surface area contributed by atoms with Crippen molar-refractivity contribution in [1.82, 2.24) is 0 Å². The summed E-state index contributed by atoms with van der Waals surface area (Å²) < 4.78 is 61.1. The maximum absolute atomic E-state index is 10.7. The van der Waals surface area contributed by atoms with Gasteiger partial charge >= 0.3 is 5.51 Å². The highest BCUT2D eigenvalue weighted by Gasteiger charge is 2.36. The summed E-state index contributed by atoms with van der Waals surface area (Å²) in [7, 11) is 0.172. The third kappa shape index (κ3) is 6.71. The Bertz CT molecular complexity index is 1470. The normalized spacial score (nSPS) is 11.9. The maximum atomic E-state index is 10.7. The van der Waals surface area contributed by atoms with Crippen molar-refractivity contribution in [2.24, 2.45) is 7.05 Å². The summed E-state index contributed by atoms with van der Waals surface area (Å²) in [6.07, 6.45) is 4.35. The van der Waals surface area contributed by atoms with E-state index in [1.54, 1.807) is 0 Å². The van der Waals surface area contributed by atoms with Crippen molar-refractivity contribution in [3.05, 3.63) is 96.2 Å². The lowest BCUT2D eigenvalue weighted by molar-refractivity contribution is -0.646. The van der Waals surface area contributed by atoms with Gasteiger partial charge in [0.1, 0.15) is 7.05 Å². The smallest absolute Gasteiger partial charge is 0.485 e. The second kappa shape index (κ2) is 10.9. The van der Waals surface area contributed by atoms with Gasteiger partial charge in [-0.15, -0.1) is 0 Å². The third-order valence-corrected chi connectivity index (χ3v) is 6.02. The van der Waals surface area contributed by atoms with E-state index in [1.165, 1.54) is 39.0 Å². The van der Waals surface area contributed by atoms with Crippen molar-refractivity contribution in [3.63, 3.8) is 0 Å². The van der Waals surface area contributed by atoms with Crippen LogP contribution in [0, 0.1) is 0 Å². The molecule has 0 saturated carbocycles. The van der Waals surface area contributed by atoms with Gasteiger partial charge in [-0.25, -0.2) is 8.42 Å². The van der Waals surface area contributed by atoms with Crippen LogP contribution >= 0.6 is 0 Å². The van der Waals surface area contributed by atoms with E-state index in [-0.39, 0.29) is 0 Å². The zero-order valence-corrected chi connectivity index (χ0v) is 20.7. The molecule has 0 bridgehead atoms. The topological polar surface area (TPSA) is 64.3 Å². The van der Waals surface area contributed by atoms with Crippen molar-refractivity contribution in [1.29, 1.82) is 0 Å². The highest BCUT2D eigenvalue weighted by molar-refractivity contribution is 7.86. The number of halogens is 3. The van der Waals surface area contributed by atoms with Crippen molar-refractivity contribution >= 4 is 38.9 Å². The highest BCUT2D eigenvalue weighted by atomic mass is 32.2. The van der Waals surface area contributed by atoms with Crippen LogP contribution in [0.25, 0.3) is 34.2 Å². The summed E-state index contributed by atoms with van der Waals surface area (Å²) in [5.74, 6) is 0. The predicted octanol–water partition coefficient (Wildman–Crippen LogP) is 5.62. The van der Waals surface area contributed by atoms with Crippen molar-refractivity contribution < 1.29 is 30.7 Å². The van der Waals surface area contributed by atoms with Gasteiger partial charge in [0.15, 0.2) is 10.1 Å². The number of nitrogens with zero attached hydrogens (tertiary/aromatic N) is 2. The van der Waals surface area contributed by atoms with Gasteiger partial charge in [0.25, 0.3) is 0 Å². The first-order chi connectivity index (χ1) is 16.9. The van der Waals surface area contributed by atoms with Gasteiger partial charge in [-0.1, -0.05) is 54.6 Å². The summed E-state index contributed by atoms with van der Waals surface area (Å²) in [5, 5.41) is 1.25. The van der Waals surface area contributed by atoms with Crippen LogP contribution in [0.2, 0.25) is 0 Å². The highest BCUT2D eigenvalue weighted by Crippen LogP contribution is 2.22. The van der Waals surface area contributed by atoms with Crippen LogP contribution in [0.5, 0.6) is 0 Å². The van der Waals surface area contributed by atoms with E-state index in [0.717, 1.165) is 0 Å². The monoisotopic (exact) mass is 514 g/mol. The molecule has 0 radical (unpaired) electrons. The van der Waals surface area contributed by atoms with Gasteiger partial charge in [0.05, 0.1) is 0 Å². The van der Waals surface area contributed by atoms with Gasteiger partial charge < -0.3 is 9.45 Å². The molecule has 188 valence electrons. The van der Waals surface area contributed by atoms with Crippen LogP contribution in [0.4, 0.5) is 18.9 Å². The number of hydrogen-bond acceptors (Lipinski definition) is 4. The Morgan fingerprint density at radius 3 is 1.97 bits per heavy atom. The lowest BCUT2D eigenvalue weighted by atomic mass is 10.0. The average molecular weight is 515 g/mol. The number of alkyl halides is 3. The Hall–Kier alpha value is -3.69. The fraction of sp³-hybridized carbons (Fsp3) is 0.148. The minimum Gasteiger partial charge on any atom is -0.741 e. The van der Waals surface area contributed by atoms with Crippen LogP contribution in [0.15, 0.2) is 84.9 Å². The molecular formula is C27H25F3N2O3S. The molecule has 5 nitrogen and oxygen atoms in total. The molecule has 0 aliphatic carbocycles. The Labute approximate surface area is 208 Å². The first-order valence-electron chi connectivity index (χ1n) is 10.8. The van der Waals surface area contributed by atoms with Gasteiger partial charge in [-0.05, 0) is 41.0 Å². The van der Waals surface area contributed by atoms with E-state index >= 15 is 0 Å². The minimum atomic E-state index is -6.09. The molecule has 0 spiro atoms. The molecule has 4 rings (SSSR count).